The predicted octanol–water partition coefficient (Wildman–Crippen LogP) is 4.57. The van der Waals surface area contributed by atoms with Crippen LogP contribution in [0.15, 0.2) is 53.3 Å². The maximum atomic E-state index is 9.60. The van der Waals surface area contributed by atoms with Crippen molar-refractivity contribution in [3.8, 4) is 12.1 Å². The van der Waals surface area contributed by atoms with Crippen LogP contribution in [0.2, 0.25) is 19.6 Å². The van der Waals surface area contributed by atoms with Crippen molar-refractivity contribution in [2.75, 3.05) is 0 Å². The number of hydrogen-bond donors (Lipinski definition) is 0. The average Bonchev–Trinajstić information content (AvgIpc) is 2.86. The summed E-state index contributed by atoms with van der Waals surface area (Å²) >= 11 is 0. The normalized spacial score (nSPS) is 18.0. The van der Waals surface area contributed by atoms with Gasteiger partial charge in [-0.2, -0.15) is 10.5 Å². The Morgan fingerprint density at radius 1 is 1.10 bits per heavy atom. The Morgan fingerprint density at radius 2 is 1.71 bits per heavy atom. The number of benzene rings is 1. The van der Waals surface area contributed by atoms with Crippen molar-refractivity contribution >= 4 is 14.1 Å². The van der Waals surface area contributed by atoms with E-state index in [1.54, 1.807) is 6.08 Å². The zero-order chi connectivity index (χ0) is 15.6. The Morgan fingerprint density at radius 3 is 2.14 bits per heavy atom. The lowest BCUT2D eigenvalue weighted by molar-refractivity contribution is 1.01. The molecule has 2 rings (SSSR count). The molecular weight excluding hydrogens is 272 g/mol. The van der Waals surface area contributed by atoms with E-state index in [1.165, 1.54) is 0 Å². The van der Waals surface area contributed by atoms with E-state index in [9.17, 15) is 10.5 Å². The number of rotatable bonds is 3. The van der Waals surface area contributed by atoms with Gasteiger partial charge in [-0.05, 0) is 22.4 Å². The highest BCUT2D eigenvalue weighted by molar-refractivity contribution is 6.84. The number of allylic oxidation sites excluding steroid dienone is 4. The Hall–Kier alpha value is -2.36. The van der Waals surface area contributed by atoms with Crippen LogP contribution in [0.4, 0.5) is 0 Å². The van der Waals surface area contributed by atoms with Crippen LogP contribution in [-0.2, 0) is 0 Å². The summed E-state index contributed by atoms with van der Waals surface area (Å²) in [7, 11) is -1.65. The molecule has 0 amide bonds. The van der Waals surface area contributed by atoms with Crippen molar-refractivity contribution in [3.05, 3.63) is 64.4 Å². The van der Waals surface area contributed by atoms with Crippen molar-refractivity contribution in [1.82, 2.24) is 0 Å². The molecule has 0 fully saturated rings. The number of hydrogen-bond acceptors (Lipinski definition) is 2. The van der Waals surface area contributed by atoms with E-state index in [2.05, 4.69) is 38.4 Å². The Balaban J connectivity index is 2.58. The molecule has 0 saturated heterocycles. The van der Waals surface area contributed by atoms with Crippen LogP contribution < -0.4 is 0 Å². The van der Waals surface area contributed by atoms with Gasteiger partial charge in [-0.3, -0.25) is 0 Å². The minimum Gasteiger partial charge on any atom is -0.193 e. The Kier molecular flexibility index (Phi) is 3.98. The molecule has 104 valence electrons. The van der Waals surface area contributed by atoms with E-state index in [0.717, 1.165) is 21.9 Å². The molecule has 1 unspecified atom stereocenters. The fourth-order valence-electron chi connectivity index (χ4n) is 2.64. The maximum absolute atomic E-state index is 9.60. The van der Waals surface area contributed by atoms with Crippen molar-refractivity contribution in [1.29, 1.82) is 10.5 Å². The molecule has 0 heterocycles. The molecule has 0 bridgehead atoms. The molecule has 0 spiro atoms. The monoisotopic (exact) mass is 290 g/mol. The van der Waals surface area contributed by atoms with Gasteiger partial charge in [-0.25, -0.2) is 0 Å². The number of nitrogens with zero attached hydrogens (tertiary/aromatic N) is 2. The van der Waals surface area contributed by atoms with Gasteiger partial charge in [0.15, 0.2) is 0 Å². The summed E-state index contributed by atoms with van der Waals surface area (Å²) in [6, 6.07) is 12.5. The van der Waals surface area contributed by atoms with Gasteiger partial charge in [0.2, 0.25) is 0 Å². The maximum Gasteiger partial charge on any atom is 0.0957 e. The van der Waals surface area contributed by atoms with Crippen LogP contribution in [0.25, 0.3) is 6.08 Å². The standard InChI is InChI=1S/C18H18N2Si/c1-5-13-6-8-14(9-7-13)18-15(11-19)10-17(16(18)12-20)21(2,3)4/h5-10,18H,1H2,2-4H3. The van der Waals surface area contributed by atoms with Crippen LogP contribution >= 0.6 is 0 Å². The topological polar surface area (TPSA) is 47.6 Å². The molecule has 3 heteroatoms. The van der Waals surface area contributed by atoms with Crippen molar-refractivity contribution in [2.45, 2.75) is 25.6 Å². The van der Waals surface area contributed by atoms with Crippen molar-refractivity contribution in [3.63, 3.8) is 0 Å². The number of nitriles is 2. The summed E-state index contributed by atoms with van der Waals surface area (Å²) in [5, 5.41) is 20.1. The first-order valence-corrected chi connectivity index (χ1v) is 10.4. The molecular formula is C18H18N2Si. The molecule has 0 saturated carbocycles. The first-order valence-electron chi connectivity index (χ1n) is 6.91. The Bertz CT molecular complexity index is 716. The van der Waals surface area contributed by atoms with E-state index in [4.69, 9.17) is 0 Å². The van der Waals surface area contributed by atoms with E-state index < -0.39 is 8.07 Å². The third kappa shape index (κ3) is 2.74. The minimum atomic E-state index is -1.65. The fourth-order valence-corrected chi connectivity index (χ4v) is 4.24. The van der Waals surface area contributed by atoms with Crippen molar-refractivity contribution < 1.29 is 0 Å². The lowest BCUT2D eigenvalue weighted by atomic mass is 9.89. The van der Waals surface area contributed by atoms with Gasteiger partial charge in [0.25, 0.3) is 0 Å². The van der Waals surface area contributed by atoms with Gasteiger partial charge in [-0.15, -0.1) is 0 Å². The first-order chi connectivity index (χ1) is 9.92. The quantitative estimate of drug-likeness (QED) is 0.765. The van der Waals surface area contributed by atoms with Crippen LogP contribution in [0.1, 0.15) is 17.0 Å². The molecule has 1 aromatic carbocycles. The van der Waals surface area contributed by atoms with E-state index in [0.29, 0.717) is 5.57 Å². The van der Waals surface area contributed by atoms with Crippen LogP contribution in [0.5, 0.6) is 0 Å². The van der Waals surface area contributed by atoms with Crippen LogP contribution in [0, 0.1) is 22.7 Å². The largest absolute Gasteiger partial charge is 0.193 e. The third-order valence-corrected chi connectivity index (χ3v) is 5.78. The summed E-state index contributed by atoms with van der Waals surface area (Å²) < 4.78 is 0. The highest BCUT2D eigenvalue weighted by Crippen LogP contribution is 2.42. The Labute approximate surface area is 127 Å². The first kappa shape index (κ1) is 15.0. The zero-order valence-corrected chi connectivity index (χ0v) is 13.6. The molecule has 0 aliphatic heterocycles. The smallest absolute Gasteiger partial charge is 0.0957 e. The van der Waals surface area contributed by atoms with E-state index >= 15 is 0 Å². The second-order valence-corrected chi connectivity index (χ2v) is 11.2. The molecule has 0 aromatic heterocycles. The van der Waals surface area contributed by atoms with Gasteiger partial charge in [0, 0.05) is 11.1 Å². The highest BCUT2D eigenvalue weighted by Gasteiger charge is 2.34. The van der Waals surface area contributed by atoms with E-state index in [-0.39, 0.29) is 5.92 Å². The predicted molar refractivity (Wildman–Crippen MR) is 89.0 cm³/mol. The summed E-state index contributed by atoms with van der Waals surface area (Å²) in [4.78, 5) is 0. The van der Waals surface area contributed by atoms with Crippen molar-refractivity contribution in [2.24, 2.45) is 0 Å². The van der Waals surface area contributed by atoms with Gasteiger partial charge >= 0.3 is 0 Å². The summed E-state index contributed by atoms with van der Waals surface area (Å²) in [6.45, 7) is 10.4. The molecule has 1 atom stereocenters. The fraction of sp³-hybridized carbons (Fsp3) is 0.222. The molecule has 1 aliphatic rings. The van der Waals surface area contributed by atoms with Gasteiger partial charge in [-0.1, -0.05) is 56.6 Å². The molecule has 1 aliphatic carbocycles. The summed E-state index contributed by atoms with van der Waals surface area (Å²) in [5.74, 6) is -0.208. The summed E-state index contributed by atoms with van der Waals surface area (Å²) in [5.41, 5.74) is 3.46. The minimum absolute atomic E-state index is 0.208. The molecule has 0 N–H and O–H groups in total. The van der Waals surface area contributed by atoms with Gasteiger partial charge in [0.1, 0.15) is 0 Å². The lowest BCUT2D eigenvalue weighted by Crippen LogP contribution is -2.23. The van der Waals surface area contributed by atoms with E-state index in [1.807, 2.05) is 30.3 Å². The highest BCUT2D eigenvalue weighted by atomic mass is 28.3. The molecule has 21 heavy (non-hydrogen) atoms. The second-order valence-electron chi connectivity index (χ2n) is 6.20. The summed E-state index contributed by atoms with van der Waals surface area (Å²) in [6.07, 6.45) is 3.73. The zero-order valence-electron chi connectivity index (χ0n) is 12.6. The SMILES string of the molecule is C=Cc1ccc(C2C(C#N)=CC([Si](C)(C)C)=C2C#N)cc1. The second kappa shape index (κ2) is 5.56. The van der Waals surface area contributed by atoms with Gasteiger partial charge in [0.05, 0.1) is 26.1 Å². The average molecular weight is 290 g/mol. The van der Waals surface area contributed by atoms with Crippen LogP contribution in [0.3, 0.4) is 0 Å². The molecule has 1 aromatic rings. The van der Waals surface area contributed by atoms with Gasteiger partial charge < -0.3 is 0 Å². The molecule has 2 nitrogen and oxygen atoms in total. The third-order valence-electron chi connectivity index (χ3n) is 3.75. The van der Waals surface area contributed by atoms with Crippen LogP contribution in [-0.4, -0.2) is 8.07 Å². The molecule has 0 radical (unpaired) electrons. The lowest BCUT2D eigenvalue weighted by Gasteiger charge is -2.18.